The predicted molar refractivity (Wildman–Crippen MR) is 105 cm³/mol. The molecule has 0 aromatic carbocycles. The molecule has 0 amide bonds. The summed E-state index contributed by atoms with van der Waals surface area (Å²) in [6.45, 7) is 8.16. The molecule has 6 heteroatoms. The first kappa shape index (κ1) is 19.2. The number of rotatable bonds is 7. The first-order valence-corrected chi connectivity index (χ1v) is 9.71. The third kappa shape index (κ3) is 4.06. The Morgan fingerprint density at radius 3 is 2.63 bits per heavy atom. The molecule has 0 unspecified atom stereocenters. The van der Waals surface area contributed by atoms with Crippen molar-refractivity contribution in [1.82, 2.24) is 4.57 Å². The highest BCUT2D eigenvalue weighted by molar-refractivity contribution is 7.14. The molecule has 0 fully saturated rings. The van der Waals surface area contributed by atoms with E-state index in [0.29, 0.717) is 17.0 Å². The van der Waals surface area contributed by atoms with Crippen molar-refractivity contribution in [2.75, 3.05) is 6.61 Å². The zero-order valence-electron chi connectivity index (χ0n) is 16.0. The Bertz CT molecular complexity index is 963. The van der Waals surface area contributed by atoms with Crippen LogP contribution in [0.1, 0.15) is 54.5 Å². The number of carbonyl (C=O) groups is 2. The molecule has 0 N–H and O–H groups in total. The van der Waals surface area contributed by atoms with Crippen LogP contribution in [-0.4, -0.2) is 22.9 Å². The number of esters is 1. The summed E-state index contributed by atoms with van der Waals surface area (Å²) in [5, 5.41) is 0. The van der Waals surface area contributed by atoms with E-state index in [2.05, 4.69) is 6.92 Å². The van der Waals surface area contributed by atoms with Gasteiger partial charge in [0, 0.05) is 21.8 Å². The number of ketones is 1. The Morgan fingerprint density at radius 1 is 1.22 bits per heavy atom. The van der Waals surface area contributed by atoms with Gasteiger partial charge in [0.25, 0.3) is 0 Å². The van der Waals surface area contributed by atoms with Crippen molar-refractivity contribution >= 4 is 23.1 Å². The maximum atomic E-state index is 12.6. The number of hydrogen-bond acceptors (Lipinski definition) is 5. The van der Waals surface area contributed by atoms with Crippen LogP contribution < -0.4 is 0 Å². The first-order chi connectivity index (χ1) is 12.9. The van der Waals surface area contributed by atoms with Crippen LogP contribution >= 0.6 is 11.3 Å². The van der Waals surface area contributed by atoms with Crippen LogP contribution in [-0.2, 0) is 17.7 Å². The molecule has 3 heterocycles. The zero-order valence-corrected chi connectivity index (χ0v) is 16.8. The molecule has 0 saturated heterocycles. The maximum absolute atomic E-state index is 12.6. The Morgan fingerprint density at radius 2 is 2.00 bits per heavy atom. The standard InChI is InChI=1S/C21H23NO4S/c1-5-19-13(2)9-20(27-19)21(24)26-12-18(23)17-10-14(3)22(15(17)4)11-16-7-6-8-25-16/h6-10H,5,11-12H2,1-4H3. The summed E-state index contributed by atoms with van der Waals surface area (Å²) in [4.78, 5) is 26.5. The fourth-order valence-corrected chi connectivity index (χ4v) is 4.14. The minimum atomic E-state index is -0.444. The van der Waals surface area contributed by atoms with Gasteiger partial charge in [-0.1, -0.05) is 6.92 Å². The summed E-state index contributed by atoms with van der Waals surface area (Å²) in [5.74, 6) is 0.175. The fourth-order valence-electron chi connectivity index (χ4n) is 3.14. The molecule has 0 aliphatic rings. The average Bonchev–Trinajstić information content (AvgIpc) is 3.35. The Balaban J connectivity index is 1.68. The number of ether oxygens (including phenoxy) is 1. The van der Waals surface area contributed by atoms with Crippen molar-refractivity contribution in [3.05, 3.63) is 68.6 Å². The highest BCUT2D eigenvalue weighted by Crippen LogP contribution is 2.23. The number of thiophene rings is 1. The van der Waals surface area contributed by atoms with Crippen LogP contribution in [0.3, 0.4) is 0 Å². The van der Waals surface area contributed by atoms with Gasteiger partial charge in [0.2, 0.25) is 5.78 Å². The largest absolute Gasteiger partial charge is 0.467 e. The van der Waals surface area contributed by atoms with E-state index in [1.54, 1.807) is 6.26 Å². The maximum Gasteiger partial charge on any atom is 0.348 e. The molecule has 0 aliphatic carbocycles. The predicted octanol–water partition coefficient (Wildman–Crippen LogP) is 4.72. The fraction of sp³-hybridized carbons (Fsp3) is 0.333. The monoisotopic (exact) mass is 385 g/mol. The van der Waals surface area contributed by atoms with Gasteiger partial charge in [-0.2, -0.15) is 0 Å². The lowest BCUT2D eigenvalue weighted by Crippen LogP contribution is -2.14. The van der Waals surface area contributed by atoms with Crippen LogP contribution in [0, 0.1) is 20.8 Å². The van der Waals surface area contributed by atoms with Gasteiger partial charge in [-0.05, 0) is 57.0 Å². The van der Waals surface area contributed by atoms with E-state index in [4.69, 9.17) is 9.15 Å². The molecule has 0 saturated carbocycles. The molecule has 142 valence electrons. The number of hydrogen-bond donors (Lipinski definition) is 0. The van der Waals surface area contributed by atoms with Crippen molar-refractivity contribution in [1.29, 1.82) is 0 Å². The van der Waals surface area contributed by atoms with Crippen LogP contribution in [0.4, 0.5) is 0 Å². The molecule has 0 atom stereocenters. The first-order valence-electron chi connectivity index (χ1n) is 8.89. The van der Waals surface area contributed by atoms with Gasteiger partial charge in [0.15, 0.2) is 6.61 Å². The molecule has 0 aliphatic heterocycles. The number of Topliss-reactive ketones (excluding diaryl/α,β-unsaturated/α-hetero) is 1. The van der Waals surface area contributed by atoms with Crippen molar-refractivity contribution in [3.8, 4) is 0 Å². The summed E-state index contributed by atoms with van der Waals surface area (Å²) in [6, 6.07) is 7.39. The zero-order chi connectivity index (χ0) is 19.6. The van der Waals surface area contributed by atoms with Crippen LogP contribution in [0.15, 0.2) is 34.9 Å². The number of nitrogens with zero attached hydrogens (tertiary/aromatic N) is 1. The third-order valence-corrected chi connectivity index (χ3v) is 6.01. The quantitative estimate of drug-likeness (QED) is 0.436. The SMILES string of the molecule is CCc1sc(C(=O)OCC(=O)c2cc(C)n(Cc3ccco3)c2C)cc1C. The second-order valence-corrected chi connectivity index (χ2v) is 7.66. The summed E-state index contributed by atoms with van der Waals surface area (Å²) < 4.78 is 12.7. The van der Waals surface area contributed by atoms with Gasteiger partial charge in [0.05, 0.1) is 12.8 Å². The molecular formula is C21H23NO4S. The van der Waals surface area contributed by atoms with Crippen LogP contribution in [0.25, 0.3) is 0 Å². The van der Waals surface area contributed by atoms with E-state index >= 15 is 0 Å². The molecule has 3 aromatic heterocycles. The van der Waals surface area contributed by atoms with Gasteiger partial charge in [-0.3, -0.25) is 4.79 Å². The number of furan rings is 1. The Hall–Kier alpha value is -2.60. The number of carbonyl (C=O) groups excluding carboxylic acids is 2. The van der Waals surface area contributed by atoms with E-state index in [1.807, 2.05) is 49.6 Å². The van der Waals surface area contributed by atoms with Gasteiger partial charge >= 0.3 is 5.97 Å². The summed E-state index contributed by atoms with van der Waals surface area (Å²) >= 11 is 1.43. The molecule has 0 bridgehead atoms. The van der Waals surface area contributed by atoms with Crippen molar-refractivity contribution < 1.29 is 18.7 Å². The van der Waals surface area contributed by atoms with E-state index in [0.717, 1.165) is 34.0 Å². The lowest BCUT2D eigenvalue weighted by molar-refractivity contribution is 0.0479. The van der Waals surface area contributed by atoms with E-state index in [-0.39, 0.29) is 12.4 Å². The minimum absolute atomic E-state index is 0.203. The second-order valence-electron chi connectivity index (χ2n) is 6.52. The summed E-state index contributed by atoms with van der Waals surface area (Å²) in [5.41, 5.74) is 3.45. The number of aromatic nitrogens is 1. The van der Waals surface area contributed by atoms with Gasteiger partial charge in [-0.15, -0.1) is 11.3 Å². The van der Waals surface area contributed by atoms with Gasteiger partial charge in [-0.25, -0.2) is 4.79 Å². The lowest BCUT2D eigenvalue weighted by atomic mass is 10.1. The van der Waals surface area contributed by atoms with Gasteiger partial charge in [0.1, 0.15) is 10.6 Å². The topological polar surface area (TPSA) is 61.4 Å². The van der Waals surface area contributed by atoms with Gasteiger partial charge < -0.3 is 13.7 Å². The lowest BCUT2D eigenvalue weighted by Gasteiger charge is -2.08. The summed E-state index contributed by atoms with van der Waals surface area (Å²) in [7, 11) is 0. The van der Waals surface area contributed by atoms with E-state index in [9.17, 15) is 9.59 Å². The minimum Gasteiger partial charge on any atom is -0.467 e. The Labute approximate surface area is 162 Å². The molecule has 0 radical (unpaired) electrons. The third-order valence-electron chi connectivity index (χ3n) is 4.65. The number of aryl methyl sites for hydroxylation is 3. The molecule has 27 heavy (non-hydrogen) atoms. The van der Waals surface area contributed by atoms with E-state index in [1.165, 1.54) is 11.3 Å². The van der Waals surface area contributed by atoms with Crippen LogP contribution in [0.5, 0.6) is 0 Å². The molecule has 3 aromatic rings. The smallest absolute Gasteiger partial charge is 0.348 e. The Kier molecular flexibility index (Phi) is 5.65. The molecule has 3 rings (SSSR count). The molecule has 0 spiro atoms. The average molecular weight is 385 g/mol. The highest BCUT2D eigenvalue weighted by atomic mass is 32.1. The van der Waals surface area contributed by atoms with E-state index < -0.39 is 5.97 Å². The second kappa shape index (κ2) is 7.96. The van der Waals surface area contributed by atoms with Crippen molar-refractivity contribution in [2.24, 2.45) is 0 Å². The normalized spacial score (nSPS) is 11.0. The summed E-state index contributed by atoms with van der Waals surface area (Å²) in [6.07, 6.45) is 2.51. The highest BCUT2D eigenvalue weighted by Gasteiger charge is 2.19. The van der Waals surface area contributed by atoms with Crippen LogP contribution in [0.2, 0.25) is 0 Å². The van der Waals surface area contributed by atoms with Crippen molar-refractivity contribution in [3.63, 3.8) is 0 Å². The molecule has 5 nitrogen and oxygen atoms in total. The van der Waals surface area contributed by atoms with Crippen molar-refractivity contribution in [2.45, 2.75) is 40.7 Å². The molecular weight excluding hydrogens is 362 g/mol.